The van der Waals surface area contributed by atoms with Crippen LogP contribution in [-0.2, 0) is 5.75 Å². The average molecular weight is 324 g/mol. The molecule has 0 fully saturated rings. The number of anilines is 1. The van der Waals surface area contributed by atoms with Gasteiger partial charge in [-0.15, -0.1) is 0 Å². The Morgan fingerprint density at radius 3 is 2.91 bits per heavy atom. The largest absolute Gasteiger partial charge is 0.382 e. The van der Waals surface area contributed by atoms with Crippen molar-refractivity contribution in [2.75, 3.05) is 5.73 Å². The number of nitrogen functional groups attached to an aromatic ring is 1. The Kier molecular flexibility index (Phi) is 3.23. The molecule has 3 heterocycles. The lowest BCUT2D eigenvalue weighted by atomic mass is 10.1. The van der Waals surface area contributed by atoms with Gasteiger partial charge in [0.15, 0.2) is 16.6 Å². The maximum atomic E-state index is 11.8. The highest BCUT2D eigenvalue weighted by Crippen LogP contribution is 2.26. The zero-order chi connectivity index (χ0) is 15.8. The minimum Gasteiger partial charge on any atom is -0.382 e. The molecule has 23 heavy (non-hydrogen) atoms. The topological polar surface area (TPSA) is 113 Å². The predicted molar refractivity (Wildman–Crippen MR) is 90.2 cm³/mol. The van der Waals surface area contributed by atoms with Gasteiger partial charge < -0.3 is 15.7 Å². The molecule has 0 aliphatic rings. The summed E-state index contributed by atoms with van der Waals surface area (Å²) in [5.74, 6) is 0.980. The highest BCUT2D eigenvalue weighted by Gasteiger charge is 2.09. The Balaban J connectivity index is 1.68. The molecule has 0 bridgehead atoms. The Morgan fingerprint density at radius 2 is 2.04 bits per heavy atom. The molecule has 0 amide bonds. The molecule has 4 rings (SSSR count). The number of thioether (sulfide) groups is 1. The Morgan fingerprint density at radius 1 is 1.17 bits per heavy atom. The van der Waals surface area contributed by atoms with Crippen molar-refractivity contribution >= 4 is 39.6 Å². The fourth-order valence-corrected chi connectivity index (χ4v) is 3.29. The summed E-state index contributed by atoms with van der Waals surface area (Å²) in [5, 5.41) is 1.71. The number of nitrogens with two attached hydrogens (primary N) is 1. The first-order valence-corrected chi connectivity index (χ1v) is 7.89. The van der Waals surface area contributed by atoms with Gasteiger partial charge in [-0.05, 0) is 11.6 Å². The number of hydrogen-bond acceptors (Lipinski definition) is 6. The lowest BCUT2D eigenvalue weighted by Crippen LogP contribution is -2.05. The minimum atomic E-state index is -0.112. The van der Waals surface area contributed by atoms with E-state index in [9.17, 15) is 4.79 Å². The van der Waals surface area contributed by atoms with Crippen molar-refractivity contribution in [1.82, 2.24) is 24.9 Å². The molecule has 0 spiro atoms. The molecule has 0 unspecified atom stereocenters. The van der Waals surface area contributed by atoms with E-state index in [0.717, 1.165) is 16.5 Å². The number of aromatic nitrogens is 5. The van der Waals surface area contributed by atoms with Crippen LogP contribution in [0.2, 0.25) is 0 Å². The molecule has 0 aliphatic heterocycles. The van der Waals surface area contributed by atoms with Crippen LogP contribution in [0.15, 0.2) is 46.6 Å². The van der Waals surface area contributed by atoms with Gasteiger partial charge in [-0.3, -0.25) is 4.79 Å². The van der Waals surface area contributed by atoms with Crippen LogP contribution in [0.4, 0.5) is 5.82 Å². The summed E-state index contributed by atoms with van der Waals surface area (Å²) in [6, 6.07) is 9.35. The van der Waals surface area contributed by atoms with E-state index in [1.807, 2.05) is 24.3 Å². The SMILES string of the molecule is Nc1ncnc2nc(SCc3cc(=O)[nH]c4ccccc34)[nH]c12. The molecule has 8 heteroatoms. The highest BCUT2D eigenvalue weighted by atomic mass is 32.2. The van der Waals surface area contributed by atoms with Crippen molar-refractivity contribution < 1.29 is 0 Å². The van der Waals surface area contributed by atoms with Crippen molar-refractivity contribution in [2.24, 2.45) is 0 Å². The molecule has 0 saturated carbocycles. The van der Waals surface area contributed by atoms with E-state index in [1.54, 1.807) is 6.07 Å². The van der Waals surface area contributed by atoms with Gasteiger partial charge in [-0.2, -0.15) is 0 Å². The van der Waals surface area contributed by atoms with Crippen molar-refractivity contribution in [2.45, 2.75) is 10.9 Å². The zero-order valence-electron chi connectivity index (χ0n) is 11.9. The molecule has 4 aromatic rings. The molecule has 7 nitrogen and oxygen atoms in total. The third-order valence-corrected chi connectivity index (χ3v) is 4.42. The molecule has 0 radical (unpaired) electrons. The Hall–Kier alpha value is -2.87. The van der Waals surface area contributed by atoms with Gasteiger partial charge in [0.2, 0.25) is 5.56 Å². The number of imidazole rings is 1. The van der Waals surface area contributed by atoms with Crippen LogP contribution in [0.3, 0.4) is 0 Å². The first-order valence-electron chi connectivity index (χ1n) is 6.90. The summed E-state index contributed by atoms with van der Waals surface area (Å²) < 4.78 is 0. The van der Waals surface area contributed by atoms with Crippen molar-refractivity contribution in [1.29, 1.82) is 0 Å². The Bertz CT molecular complexity index is 1070. The number of H-pyrrole nitrogens is 2. The molecule has 114 valence electrons. The predicted octanol–water partition coefficient (Wildman–Crippen LogP) is 2.07. The second kappa shape index (κ2) is 5.40. The summed E-state index contributed by atoms with van der Waals surface area (Å²) in [6.45, 7) is 0. The van der Waals surface area contributed by atoms with Crippen LogP contribution in [0, 0.1) is 0 Å². The maximum Gasteiger partial charge on any atom is 0.248 e. The molecule has 1 aromatic carbocycles. The number of nitrogens with one attached hydrogen (secondary N) is 2. The highest BCUT2D eigenvalue weighted by molar-refractivity contribution is 7.98. The van der Waals surface area contributed by atoms with Gasteiger partial charge in [0.05, 0.1) is 0 Å². The van der Waals surface area contributed by atoms with Gasteiger partial charge >= 0.3 is 0 Å². The van der Waals surface area contributed by atoms with Crippen molar-refractivity contribution in [3.05, 3.63) is 52.6 Å². The standard InChI is InChI=1S/C15H12N6OS/c16-13-12-14(18-7-17-13)21-15(20-12)23-6-8-5-11(22)19-10-4-2-1-3-9(8)10/h1-5,7H,6H2,(H,19,22)(H3,16,17,18,20,21). The number of rotatable bonds is 3. The van der Waals surface area contributed by atoms with Gasteiger partial charge in [0.25, 0.3) is 0 Å². The first-order chi connectivity index (χ1) is 11.2. The number of nitrogens with zero attached hydrogens (tertiary/aromatic N) is 3. The number of para-hydroxylation sites is 1. The number of aromatic amines is 2. The molecule has 0 atom stereocenters. The summed E-state index contributed by atoms with van der Waals surface area (Å²) in [5.41, 5.74) is 8.63. The fourth-order valence-electron chi connectivity index (χ4n) is 2.44. The number of fused-ring (bicyclic) bond motifs is 2. The second-order valence-electron chi connectivity index (χ2n) is 4.99. The van der Waals surface area contributed by atoms with E-state index >= 15 is 0 Å². The first kappa shape index (κ1) is 13.8. The van der Waals surface area contributed by atoms with Crippen LogP contribution in [-0.4, -0.2) is 24.9 Å². The third kappa shape index (κ3) is 2.53. The molecular formula is C15H12N6OS. The van der Waals surface area contributed by atoms with Crippen LogP contribution < -0.4 is 11.3 Å². The molecular weight excluding hydrogens is 312 g/mol. The van der Waals surface area contributed by atoms with Crippen molar-refractivity contribution in [3.8, 4) is 0 Å². The van der Waals surface area contributed by atoms with E-state index in [1.165, 1.54) is 18.1 Å². The number of hydrogen-bond donors (Lipinski definition) is 3. The monoisotopic (exact) mass is 324 g/mol. The maximum absolute atomic E-state index is 11.8. The van der Waals surface area contributed by atoms with Crippen LogP contribution in [0.5, 0.6) is 0 Å². The molecule has 3 aromatic heterocycles. The summed E-state index contributed by atoms with van der Waals surface area (Å²) in [6.07, 6.45) is 1.39. The summed E-state index contributed by atoms with van der Waals surface area (Å²) in [4.78, 5) is 30.1. The zero-order valence-corrected chi connectivity index (χ0v) is 12.7. The summed E-state index contributed by atoms with van der Waals surface area (Å²) in [7, 11) is 0. The molecule has 0 saturated heterocycles. The number of pyridine rings is 1. The third-order valence-electron chi connectivity index (χ3n) is 3.50. The van der Waals surface area contributed by atoms with Gasteiger partial charge in [0.1, 0.15) is 11.8 Å². The van der Waals surface area contributed by atoms with Gasteiger partial charge in [0, 0.05) is 22.7 Å². The Labute approximate surface area is 134 Å². The molecule has 4 N–H and O–H groups in total. The smallest absolute Gasteiger partial charge is 0.248 e. The van der Waals surface area contributed by atoms with E-state index in [4.69, 9.17) is 5.73 Å². The van der Waals surface area contributed by atoms with Crippen molar-refractivity contribution in [3.63, 3.8) is 0 Å². The van der Waals surface area contributed by atoms with Crippen LogP contribution in [0.1, 0.15) is 5.56 Å². The van der Waals surface area contributed by atoms with E-state index < -0.39 is 0 Å². The normalized spacial score (nSPS) is 11.3. The molecule has 0 aliphatic carbocycles. The van der Waals surface area contributed by atoms with E-state index in [2.05, 4.69) is 24.9 Å². The summed E-state index contributed by atoms with van der Waals surface area (Å²) >= 11 is 1.49. The second-order valence-corrected chi connectivity index (χ2v) is 5.96. The van der Waals surface area contributed by atoms with E-state index in [0.29, 0.717) is 27.9 Å². The van der Waals surface area contributed by atoms with E-state index in [-0.39, 0.29) is 5.56 Å². The van der Waals surface area contributed by atoms with Gasteiger partial charge in [-0.1, -0.05) is 30.0 Å². The fraction of sp³-hybridized carbons (Fsp3) is 0.0667. The quantitative estimate of drug-likeness (QED) is 0.497. The number of benzene rings is 1. The van der Waals surface area contributed by atoms with Crippen LogP contribution >= 0.6 is 11.8 Å². The van der Waals surface area contributed by atoms with Gasteiger partial charge in [-0.25, -0.2) is 15.0 Å². The lowest BCUT2D eigenvalue weighted by Gasteiger charge is -2.04. The lowest BCUT2D eigenvalue weighted by molar-refractivity contribution is 1.07. The average Bonchev–Trinajstić information content (AvgIpc) is 2.97. The van der Waals surface area contributed by atoms with Crippen LogP contribution in [0.25, 0.3) is 22.1 Å². The minimum absolute atomic E-state index is 0.112.